The summed E-state index contributed by atoms with van der Waals surface area (Å²) in [6.07, 6.45) is 22.1. The van der Waals surface area contributed by atoms with Crippen molar-refractivity contribution in [1.82, 2.24) is 9.55 Å². The van der Waals surface area contributed by atoms with Crippen molar-refractivity contribution in [2.24, 2.45) is 0 Å². The highest BCUT2D eigenvalue weighted by molar-refractivity contribution is 7.99. The molecule has 5 nitrogen and oxygen atoms in total. The van der Waals surface area contributed by atoms with Gasteiger partial charge in [-0.15, -0.1) is 0 Å². The summed E-state index contributed by atoms with van der Waals surface area (Å²) in [4.78, 5) is 15.0. The normalized spacial score (nSPS) is 12.3. The van der Waals surface area contributed by atoms with E-state index in [1.165, 1.54) is 103 Å². The maximum atomic E-state index is 13.4. The second-order valence-corrected chi connectivity index (χ2v) is 10.1. The molecule has 0 aliphatic heterocycles. The Bertz CT molecular complexity index is 642. The average Bonchev–Trinajstić information content (AvgIpc) is 2.77. The van der Waals surface area contributed by atoms with Crippen molar-refractivity contribution in [3.63, 3.8) is 0 Å². The summed E-state index contributed by atoms with van der Waals surface area (Å²) < 4.78 is 14.3. The minimum absolute atomic E-state index is 0.383. The molecule has 0 bridgehead atoms. The first-order valence-electron chi connectivity index (χ1n) is 12.9. The van der Waals surface area contributed by atoms with Gasteiger partial charge in [-0.25, -0.2) is 9.18 Å². The molecular weight excluding hydrogens is 425 g/mol. The first-order valence-corrected chi connectivity index (χ1v) is 14.0. The van der Waals surface area contributed by atoms with Crippen LogP contribution in [0.2, 0.25) is 0 Å². The maximum Gasteiger partial charge on any atom is 0.351 e. The van der Waals surface area contributed by atoms with Crippen LogP contribution in [0.1, 0.15) is 122 Å². The van der Waals surface area contributed by atoms with Crippen molar-refractivity contribution in [2.75, 3.05) is 17.2 Å². The maximum absolute atomic E-state index is 13.4. The number of thioether (sulfide) groups is 1. The SMILES string of the molecule is CCCCCCCCCCCCCCCCCCSCCC(O)n1cc(F)c(N)nc1=O. The van der Waals surface area contributed by atoms with Crippen LogP contribution in [-0.2, 0) is 0 Å². The lowest BCUT2D eigenvalue weighted by atomic mass is 10.0. The number of rotatable bonds is 21. The Morgan fingerprint density at radius 3 is 1.88 bits per heavy atom. The van der Waals surface area contributed by atoms with Gasteiger partial charge < -0.3 is 10.8 Å². The standard InChI is InChI=1S/C25H46FN3O2S/c1-2-3-4-5-6-7-8-9-10-11-12-13-14-15-16-17-19-32-20-18-23(30)29-21-22(26)24(27)28-25(29)31/h21,23,30H,2-20H2,1H3,(H2,27,28,31). The molecule has 1 atom stereocenters. The van der Waals surface area contributed by atoms with E-state index in [0.29, 0.717) is 6.42 Å². The first-order chi connectivity index (χ1) is 15.6. The number of unbranched alkanes of at least 4 members (excludes halogenated alkanes) is 15. The van der Waals surface area contributed by atoms with Gasteiger partial charge in [0.1, 0.15) is 6.23 Å². The van der Waals surface area contributed by atoms with Gasteiger partial charge >= 0.3 is 5.69 Å². The topological polar surface area (TPSA) is 81.1 Å². The smallest absolute Gasteiger partial charge is 0.351 e. The van der Waals surface area contributed by atoms with Crippen LogP contribution in [-0.4, -0.2) is 26.2 Å². The van der Waals surface area contributed by atoms with Gasteiger partial charge in [-0.3, -0.25) is 4.57 Å². The summed E-state index contributed by atoms with van der Waals surface area (Å²) in [5.74, 6) is 0.549. The number of nitrogen functional groups attached to an aromatic ring is 1. The summed E-state index contributed by atoms with van der Waals surface area (Å²) in [6.45, 7) is 2.27. The molecule has 0 aliphatic rings. The number of nitrogens with zero attached hydrogens (tertiary/aromatic N) is 2. The number of hydrogen-bond acceptors (Lipinski definition) is 5. The van der Waals surface area contributed by atoms with Gasteiger partial charge in [-0.1, -0.05) is 103 Å². The second-order valence-electron chi connectivity index (χ2n) is 8.85. The lowest BCUT2D eigenvalue weighted by molar-refractivity contribution is 0.0947. The van der Waals surface area contributed by atoms with Crippen molar-refractivity contribution in [3.8, 4) is 0 Å². The van der Waals surface area contributed by atoms with Crippen LogP contribution in [0.15, 0.2) is 11.0 Å². The van der Waals surface area contributed by atoms with Crippen LogP contribution >= 0.6 is 11.8 Å². The van der Waals surface area contributed by atoms with Crippen LogP contribution in [0.5, 0.6) is 0 Å². The Morgan fingerprint density at radius 1 is 0.906 bits per heavy atom. The van der Waals surface area contributed by atoms with Crippen LogP contribution in [0, 0.1) is 5.82 Å². The van der Waals surface area contributed by atoms with Gasteiger partial charge in [0.2, 0.25) is 0 Å². The molecule has 0 saturated heterocycles. The van der Waals surface area contributed by atoms with E-state index < -0.39 is 23.6 Å². The Kier molecular flexibility index (Phi) is 17.5. The minimum atomic E-state index is -1.07. The Labute approximate surface area is 198 Å². The molecule has 1 rings (SSSR count). The zero-order chi connectivity index (χ0) is 23.4. The number of aliphatic hydroxyl groups is 1. The lowest BCUT2D eigenvalue weighted by Crippen LogP contribution is -2.28. The quantitative estimate of drug-likeness (QED) is 0.192. The van der Waals surface area contributed by atoms with Crippen molar-refractivity contribution in [2.45, 2.75) is 122 Å². The zero-order valence-corrected chi connectivity index (χ0v) is 21.0. The fourth-order valence-corrected chi connectivity index (χ4v) is 4.84. The van der Waals surface area contributed by atoms with E-state index in [1.807, 2.05) is 0 Å². The molecule has 0 aromatic carbocycles. The van der Waals surface area contributed by atoms with Gasteiger partial charge in [0.25, 0.3) is 0 Å². The molecule has 1 aromatic rings. The molecule has 1 heterocycles. The van der Waals surface area contributed by atoms with Gasteiger partial charge in [0, 0.05) is 6.42 Å². The summed E-state index contributed by atoms with van der Waals surface area (Å²) in [5, 5.41) is 10.1. The number of anilines is 1. The average molecular weight is 472 g/mol. The number of hydrogen-bond donors (Lipinski definition) is 2. The third kappa shape index (κ3) is 14.1. The van der Waals surface area contributed by atoms with E-state index in [-0.39, 0.29) is 0 Å². The van der Waals surface area contributed by atoms with Crippen LogP contribution in [0.3, 0.4) is 0 Å². The Morgan fingerprint density at radius 2 is 1.38 bits per heavy atom. The Hall–Kier alpha value is -1.08. The molecule has 186 valence electrons. The van der Waals surface area contributed by atoms with Gasteiger partial charge in [-0.2, -0.15) is 16.7 Å². The molecular formula is C25H46FN3O2S. The van der Waals surface area contributed by atoms with E-state index >= 15 is 0 Å². The van der Waals surface area contributed by atoms with E-state index in [2.05, 4.69) is 11.9 Å². The third-order valence-corrected chi connectivity index (χ3v) is 7.02. The molecule has 0 fully saturated rings. The fourth-order valence-electron chi connectivity index (χ4n) is 3.85. The molecule has 1 unspecified atom stereocenters. The largest absolute Gasteiger partial charge is 0.381 e. The summed E-state index contributed by atoms with van der Waals surface area (Å²) >= 11 is 1.76. The van der Waals surface area contributed by atoms with Crippen molar-refractivity contribution in [3.05, 3.63) is 22.5 Å². The predicted octanol–water partition coefficient (Wildman–Crippen LogP) is 6.84. The lowest BCUT2D eigenvalue weighted by Gasteiger charge is -2.13. The number of aliphatic hydroxyl groups excluding tert-OH is 1. The van der Waals surface area contributed by atoms with Crippen LogP contribution in [0.4, 0.5) is 10.2 Å². The highest BCUT2D eigenvalue weighted by Crippen LogP contribution is 2.16. The monoisotopic (exact) mass is 471 g/mol. The number of nitrogens with two attached hydrogens (primary N) is 1. The molecule has 1 aromatic heterocycles. The molecule has 0 amide bonds. The summed E-state index contributed by atoms with van der Waals surface area (Å²) in [6, 6.07) is 0. The zero-order valence-electron chi connectivity index (χ0n) is 20.2. The van der Waals surface area contributed by atoms with Crippen LogP contribution < -0.4 is 11.4 Å². The second kappa shape index (κ2) is 19.4. The van der Waals surface area contributed by atoms with Gasteiger partial charge in [0.15, 0.2) is 11.6 Å². The summed E-state index contributed by atoms with van der Waals surface area (Å²) in [7, 11) is 0. The van der Waals surface area contributed by atoms with Crippen molar-refractivity contribution < 1.29 is 9.50 Å². The van der Waals surface area contributed by atoms with Crippen LogP contribution in [0.25, 0.3) is 0 Å². The predicted molar refractivity (Wildman–Crippen MR) is 136 cm³/mol. The van der Waals surface area contributed by atoms with E-state index in [0.717, 1.165) is 22.3 Å². The molecule has 0 aliphatic carbocycles. The van der Waals surface area contributed by atoms with E-state index in [4.69, 9.17) is 5.73 Å². The highest BCUT2D eigenvalue weighted by Gasteiger charge is 2.12. The van der Waals surface area contributed by atoms with Crippen molar-refractivity contribution >= 4 is 17.6 Å². The highest BCUT2D eigenvalue weighted by atomic mass is 32.2. The van der Waals surface area contributed by atoms with E-state index in [9.17, 15) is 14.3 Å². The summed E-state index contributed by atoms with van der Waals surface area (Å²) in [5.41, 5.74) is 4.53. The molecule has 0 spiro atoms. The number of halogens is 1. The molecule has 32 heavy (non-hydrogen) atoms. The number of aromatic nitrogens is 2. The molecule has 7 heteroatoms. The molecule has 0 saturated carbocycles. The molecule has 3 N–H and O–H groups in total. The van der Waals surface area contributed by atoms with Gasteiger partial charge in [0.05, 0.1) is 6.20 Å². The fraction of sp³-hybridized carbons (Fsp3) is 0.840. The van der Waals surface area contributed by atoms with Crippen molar-refractivity contribution in [1.29, 1.82) is 0 Å². The van der Waals surface area contributed by atoms with E-state index in [1.54, 1.807) is 11.8 Å². The third-order valence-electron chi connectivity index (χ3n) is 5.92. The minimum Gasteiger partial charge on any atom is -0.381 e. The van der Waals surface area contributed by atoms with Gasteiger partial charge in [-0.05, 0) is 17.9 Å². The first kappa shape index (κ1) is 29.0. The molecule has 0 radical (unpaired) electrons. The Balaban J connectivity index is 1.85.